The number of guanidine groups is 1. The van der Waals surface area contributed by atoms with Crippen molar-refractivity contribution in [3.05, 3.63) is 30.1 Å². The van der Waals surface area contributed by atoms with Crippen LogP contribution < -0.4 is 10.6 Å². The summed E-state index contributed by atoms with van der Waals surface area (Å²) >= 11 is 1.71. The minimum absolute atomic E-state index is 0.186. The summed E-state index contributed by atoms with van der Waals surface area (Å²) in [6.45, 7) is 3.72. The van der Waals surface area contributed by atoms with Crippen molar-refractivity contribution in [1.82, 2.24) is 15.5 Å². The molecule has 2 atom stereocenters. The Kier molecular flexibility index (Phi) is 7.20. The topological polar surface area (TPSA) is 39.7 Å². The van der Waals surface area contributed by atoms with Gasteiger partial charge in [0.1, 0.15) is 5.82 Å². The van der Waals surface area contributed by atoms with Crippen LogP contribution in [0.4, 0.5) is 4.39 Å². The molecule has 0 aliphatic carbocycles. The summed E-state index contributed by atoms with van der Waals surface area (Å²) in [5.74, 6) is 1.63. The number of hydrogen-bond donors (Lipinski definition) is 2. The van der Waals surface area contributed by atoms with Gasteiger partial charge in [0.2, 0.25) is 0 Å². The van der Waals surface area contributed by atoms with Gasteiger partial charge in [0.15, 0.2) is 5.96 Å². The van der Waals surface area contributed by atoms with E-state index in [0.717, 1.165) is 41.8 Å². The Hall–Kier alpha value is -1.27. The van der Waals surface area contributed by atoms with Crippen molar-refractivity contribution in [2.45, 2.75) is 62.0 Å². The van der Waals surface area contributed by atoms with Crippen molar-refractivity contribution in [3.63, 3.8) is 0 Å². The number of halogens is 1. The Balaban J connectivity index is 1.48. The molecule has 1 aromatic rings. The van der Waals surface area contributed by atoms with E-state index in [1.807, 2.05) is 12.1 Å². The zero-order valence-electron chi connectivity index (χ0n) is 15.9. The quantitative estimate of drug-likeness (QED) is 0.344. The molecule has 0 amide bonds. The van der Waals surface area contributed by atoms with Gasteiger partial charge in [0.25, 0.3) is 0 Å². The Labute approximate surface area is 161 Å². The van der Waals surface area contributed by atoms with Crippen LogP contribution in [-0.2, 0) is 0 Å². The Bertz CT molecular complexity index is 578. The molecule has 0 saturated carbocycles. The lowest BCUT2D eigenvalue weighted by atomic mass is 9.82. The molecule has 6 heteroatoms. The largest absolute Gasteiger partial charge is 0.357 e. The van der Waals surface area contributed by atoms with Gasteiger partial charge in [-0.15, -0.1) is 11.8 Å². The lowest BCUT2D eigenvalue weighted by Crippen LogP contribution is -2.56. The highest BCUT2D eigenvalue weighted by molar-refractivity contribution is 7.99. The number of nitrogens with zero attached hydrogens (tertiary/aromatic N) is 2. The lowest BCUT2D eigenvalue weighted by molar-refractivity contribution is 0.0526. The Morgan fingerprint density at radius 1 is 1.23 bits per heavy atom. The zero-order chi connectivity index (χ0) is 18.4. The average Bonchev–Trinajstić information content (AvgIpc) is 2.61. The summed E-state index contributed by atoms with van der Waals surface area (Å²) in [6.07, 6.45) is 6.45. The van der Waals surface area contributed by atoms with Gasteiger partial charge in [-0.25, -0.2) is 4.39 Å². The Morgan fingerprint density at radius 3 is 2.58 bits per heavy atom. The first kappa shape index (κ1) is 19.5. The second kappa shape index (κ2) is 9.60. The number of fused-ring (bicyclic) bond motifs is 2. The highest BCUT2D eigenvalue weighted by Gasteiger charge is 2.36. The molecule has 2 fully saturated rings. The maximum Gasteiger partial charge on any atom is 0.191 e. The number of aliphatic imine (C=N–C) groups is 1. The van der Waals surface area contributed by atoms with E-state index in [2.05, 4.69) is 29.5 Å². The minimum Gasteiger partial charge on any atom is -0.357 e. The van der Waals surface area contributed by atoms with Crippen LogP contribution in [0.25, 0.3) is 0 Å². The van der Waals surface area contributed by atoms with Crippen molar-refractivity contribution in [3.8, 4) is 0 Å². The second-order valence-electron chi connectivity index (χ2n) is 7.28. The third kappa shape index (κ3) is 5.36. The zero-order valence-corrected chi connectivity index (χ0v) is 16.7. The SMILES string of the molecule is CCNC(=NCCSc1ccc(F)cc1)NC1CC2CCCC(C1)N2C. The first-order valence-electron chi connectivity index (χ1n) is 9.81. The van der Waals surface area contributed by atoms with Crippen molar-refractivity contribution < 1.29 is 4.39 Å². The van der Waals surface area contributed by atoms with E-state index in [1.54, 1.807) is 11.8 Å². The summed E-state index contributed by atoms with van der Waals surface area (Å²) in [5.41, 5.74) is 0. The van der Waals surface area contributed by atoms with E-state index in [4.69, 9.17) is 4.99 Å². The van der Waals surface area contributed by atoms with Crippen LogP contribution in [-0.4, -0.2) is 54.9 Å². The molecule has 0 radical (unpaired) electrons. The van der Waals surface area contributed by atoms with Crippen molar-refractivity contribution in [2.75, 3.05) is 25.9 Å². The summed E-state index contributed by atoms with van der Waals surface area (Å²) in [4.78, 5) is 8.41. The van der Waals surface area contributed by atoms with Gasteiger partial charge >= 0.3 is 0 Å². The lowest BCUT2D eigenvalue weighted by Gasteiger charge is -2.47. The van der Waals surface area contributed by atoms with E-state index >= 15 is 0 Å². The highest BCUT2D eigenvalue weighted by atomic mass is 32.2. The fourth-order valence-electron chi connectivity index (χ4n) is 4.10. The average molecular weight is 379 g/mol. The fraction of sp³-hybridized carbons (Fsp3) is 0.650. The van der Waals surface area contributed by atoms with Gasteiger partial charge < -0.3 is 15.5 Å². The van der Waals surface area contributed by atoms with Gasteiger partial charge in [-0.2, -0.15) is 0 Å². The van der Waals surface area contributed by atoms with E-state index in [9.17, 15) is 4.39 Å². The van der Waals surface area contributed by atoms with Crippen molar-refractivity contribution >= 4 is 17.7 Å². The summed E-state index contributed by atoms with van der Waals surface area (Å²) in [6, 6.07) is 8.62. The maximum atomic E-state index is 12.9. The summed E-state index contributed by atoms with van der Waals surface area (Å²) in [5, 5.41) is 7.04. The highest BCUT2D eigenvalue weighted by Crippen LogP contribution is 2.32. The van der Waals surface area contributed by atoms with Crippen molar-refractivity contribution in [1.29, 1.82) is 0 Å². The molecule has 0 aromatic heterocycles. The van der Waals surface area contributed by atoms with Gasteiger partial charge in [-0.1, -0.05) is 6.42 Å². The molecule has 144 valence electrons. The van der Waals surface area contributed by atoms with Gasteiger partial charge in [0.05, 0.1) is 6.54 Å². The molecule has 2 heterocycles. The Morgan fingerprint density at radius 2 is 1.92 bits per heavy atom. The number of thioether (sulfide) groups is 1. The van der Waals surface area contributed by atoms with Crippen LogP contribution in [0.15, 0.2) is 34.2 Å². The molecule has 2 aliphatic rings. The molecule has 0 spiro atoms. The van der Waals surface area contributed by atoms with Crippen molar-refractivity contribution in [2.24, 2.45) is 4.99 Å². The van der Waals surface area contributed by atoms with Crippen LogP contribution >= 0.6 is 11.8 Å². The molecule has 2 aliphatic heterocycles. The number of rotatable bonds is 6. The number of hydrogen-bond acceptors (Lipinski definition) is 3. The van der Waals surface area contributed by atoms with E-state index in [1.165, 1.54) is 44.2 Å². The van der Waals surface area contributed by atoms with Crippen LogP contribution in [0.3, 0.4) is 0 Å². The minimum atomic E-state index is -0.186. The molecule has 3 rings (SSSR count). The standard InChI is InChI=1S/C20H31FN4S/c1-3-22-20(23-11-12-26-19-9-7-15(21)8-10-19)24-16-13-17-5-4-6-18(14-16)25(17)2/h7-10,16-18H,3-6,11-14H2,1-2H3,(H2,22,23,24). The van der Waals surface area contributed by atoms with E-state index in [-0.39, 0.29) is 5.82 Å². The second-order valence-corrected chi connectivity index (χ2v) is 8.45. The number of piperidine rings is 2. The molecule has 4 nitrogen and oxygen atoms in total. The maximum absolute atomic E-state index is 12.9. The van der Waals surface area contributed by atoms with Crippen LogP contribution in [0, 0.1) is 5.82 Å². The van der Waals surface area contributed by atoms with Crippen LogP contribution in [0.2, 0.25) is 0 Å². The van der Waals surface area contributed by atoms with E-state index < -0.39 is 0 Å². The van der Waals surface area contributed by atoms with Crippen LogP contribution in [0.1, 0.15) is 39.0 Å². The number of nitrogens with one attached hydrogen (secondary N) is 2. The summed E-state index contributed by atoms with van der Waals surface area (Å²) in [7, 11) is 2.29. The normalized spacial score (nSPS) is 26.6. The fourth-order valence-corrected chi connectivity index (χ4v) is 4.85. The van der Waals surface area contributed by atoms with Gasteiger partial charge in [0, 0.05) is 35.3 Å². The predicted octanol–water partition coefficient (Wildman–Crippen LogP) is 3.49. The molecule has 2 saturated heterocycles. The van der Waals surface area contributed by atoms with E-state index in [0.29, 0.717) is 6.04 Å². The smallest absolute Gasteiger partial charge is 0.191 e. The first-order valence-corrected chi connectivity index (χ1v) is 10.8. The molecule has 2 N–H and O–H groups in total. The third-order valence-corrected chi connectivity index (χ3v) is 6.46. The first-order chi connectivity index (χ1) is 12.7. The molecule has 26 heavy (non-hydrogen) atoms. The predicted molar refractivity (Wildman–Crippen MR) is 108 cm³/mol. The summed E-state index contributed by atoms with van der Waals surface area (Å²) < 4.78 is 12.9. The molecular weight excluding hydrogens is 347 g/mol. The van der Waals surface area contributed by atoms with Gasteiger partial charge in [-0.3, -0.25) is 4.99 Å². The number of benzene rings is 1. The van der Waals surface area contributed by atoms with Crippen LogP contribution in [0.5, 0.6) is 0 Å². The molecule has 1 aromatic carbocycles. The molecular formula is C20H31FN4S. The monoisotopic (exact) mass is 378 g/mol. The van der Waals surface area contributed by atoms with Gasteiger partial charge in [-0.05, 0) is 63.9 Å². The molecule has 2 bridgehead atoms. The molecule has 2 unspecified atom stereocenters. The third-order valence-electron chi connectivity index (χ3n) is 5.47.